The summed E-state index contributed by atoms with van der Waals surface area (Å²) in [7, 11) is 0. The van der Waals surface area contributed by atoms with Gasteiger partial charge >= 0.3 is 0 Å². The van der Waals surface area contributed by atoms with E-state index < -0.39 is 0 Å². The van der Waals surface area contributed by atoms with Gasteiger partial charge in [-0.1, -0.05) is 27.7 Å². The van der Waals surface area contributed by atoms with E-state index in [1.54, 1.807) is 0 Å². The molecule has 0 bridgehead atoms. The summed E-state index contributed by atoms with van der Waals surface area (Å²) in [6.07, 6.45) is 5.96. The number of terminal acetylenes is 1. The highest BCUT2D eigenvalue weighted by atomic mass is 16.3. The average Bonchev–Trinajstić information content (AvgIpc) is 2.02. The molecular weight excluding hydrogens is 148 g/mol. The van der Waals surface area contributed by atoms with Crippen LogP contribution in [0.4, 0.5) is 0 Å². The summed E-state index contributed by atoms with van der Waals surface area (Å²) >= 11 is 0. The second kappa shape index (κ2) is 5.22. The molecule has 1 heteroatoms. The van der Waals surface area contributed by atoms with Gasteiger partial charge in [0, 0.05) is 5.92 Å². The van der Waals surface area contributed by atoms with Crippen LogP contribution in [0.2, 0.25) is 0 Å². The summed E-state index contributed by atoms with van der Waals surface area (Å²) in [6, 6.07) is 0. The summed E-state index contributed by atoms with van der Waals surface area (Å²) in [5, 5.41) is 9.67. The molecule has 0 saturated carbocycles. The fourth-order valence-corrected chi connectivity index (χ4v) is 1.42. The highest BCUT2D eigenvalue weighted by molar-refractivity contribution is 4.91. The number of aliphatic hydroxyl groups excluding tert-OH is 1. The topological polar surface area (TPSA) is 20.2 Å². The minimum absolute atomic E-state index is 0.221. The maximum Gasteiger partial charge on any atom is 0.0589 e. The van der Waals surface area contributed by atoms with Crippen molar-refractivity contribution >= 4 is 0 Å². The molecule has 0 aliphatic heterocycles. The molecule has 0 aliphatic rings. The summed E-state index contributed by atoms with van der Waals surface area (Å²) in [6.45, 7) is 8.13. The van der Waals surface area contributed by atoms with Crippen molar-refractivity contribution in [3.63, 3.8) is 0 Å². The van der Waals surface area contributed by atoms with E-state index in [0.29, 0.717) is 11.8 Å². The zero-order valence-corrected chi connectivity index (χ0v) is 8.54. The monoisotopic (exact) mass is 168 g/mol. The van der Waals surface area contributed by atoms with Crippen molar-refractivity contribution < 1.29 is 5.11 Å². The van der Waals surface area contributed by atoms with E-state index in [1.807, 2.05) is 20.8 Å². The van der Waals surface area contributed by atoms with Crippen LogP contribution in [-0.4, -0.2) is 11.2 Å². The van der Waals surface area contributed by atoms with Gasteiger partial charge in [0.05, 0.1) is 6.10 Å². The standard InChI is InChI=1S/C11H20O/c1-6-9(4)7-10(5)11(12)8(2)3/h1,8-12H,7H2,2-5H3/t9?,10-,11+/m1/s1. The van der Waals surface area contributed by atoms with Crippen molar-refractivity contribution in [3.8, 4) is 12.3 Å². The fourth-order valence-electron chi connectivity index (χ4n) is 1.42. The minimum atomic E-state index is -0.221. The predicted molar refractivity (Wildman–Crippen MR) is 52.6 cm³/mol. The van der Waals surface area contributed by atoms with Gasteiger partial charge in [0.2, 0.25) is 0 Å². The number of hydrogen-bond acceptors (Lipinski definition) is 1. The van der Waals surface area contributed by atoms with Crippen molar-refractivity contribution in [3.05, 3.63) is 0 Å². The molecule has 0 radical (unpaired) electrons. The molecule has 0 fully saturated rings. The summed E-state index contributed by atoms with van der Waals surface area (Å²) < 4.78 is 0. The van der Waals surface area contributed by atoms with Gasteiger partial charge in [-0.15, -0.1) is 12.3 Å². The predicted octanol–water partition coefficient (Wildman–Crippen LogP) is 2.30. The summed E-state index contributed by atoms with van der Waals surface area (Å²) in [5.41, 5.74) is 0. The SMILES string of the molecule is C#CC(C)C[C@@H](C)[C@@H](O)C(C)C. The normalized spacial score (nSPS) is 18.4. The summed E-state index contributed by atoms with van der Waals surface area (Å²) in [4.78, 5) is 0. The molecule has 0 amide bonds. The van der Waals surface area contributed by atoms with Crippen LogP contribution >= 0.6 is 0 Å². The fraction of sp³-hybridized carbons (Fsp3) is 0.818. The van der Waals surface area contributed by atoms with E-state index in [1.165, 1.54) is 0 Å². The van der Waals surface area contributed by atoms with Crippen LogP contribution < -0.4 is 0 Å². The number of aliphatic hydroxyl groups is 1. The van der Waals surface area contributed by atoms with Crippen molar-refractivity contribution in [2.24, 2.45) is 17.8 Å². The Balaban J connectivity index is 3.88. The average molecular weight is 168 g/mol. The first-order chi connectivity index (χ1) is 5.49. The van der Waals surface area contributed by atoms with Gasteiger partial charge in [-0.25, -0.2) is 0 Å². The van der Waals surface area contributed by atoms with Gasteiger partial charge in [0.25, 0.3) is 0 Å². The largest absolute Gasteiger partial charge is 0.393 e. The lowest BCUT2D eigenvalue weighted by molar-refractivity contribution is 0.0648. The van der Waals surface area contributed by atoms with E-state index in [0.717, 1.165) is 6.42 Å². The van der Waals surface area contributed by atoms with Gasteiger partial charge in [-0.05, 0) is 18.3 Å². The van der Waals surface area contributed by atoms with Crippen molar-refractivity contribution in [2.45, 2.75) is 40.2 Å². The Morgan fingerprint density at radius 3 is 2.08 bits per heavy atom. The van der Waals surface area contributed by atoms with Crippen LogP contribution in [0, 0.1) is 30.1 Å². The second-order valence-corrected chi connectivity index (χ2v) is 4.02. The van der Waals surface area contributed by atoms with Crippen LogP contribution in [0.5, 0.6) is 0 Å². The Hall–Kier alpha value is -0.480. The molecule has 1 N–H and O–H groups in total. The van der Waals surface area contributed by atoms with Gasteiger partial charge in [-0.3, -0.25) is 0 Å². The highest BCUT2D eigenvalue weighted by Crippen LogP contribution is 2.19. The van der Waals surface area contributed by atoms with Crippen molar-refractivity contribution in [2.75, 3.05) is 0 Å². The summed E-state index contributed by atoms with van der Waals surface area (Å²) in [5.74, 6) is 3.58. The Labute approximate surface area is 76.2 Å². The van der Waals surface area contributed by atoms with Crippen LogP contribution in [0.3, 0.4) is 0 Å². The molecular formula is C11H20O. The number of rotatable bonds is 4. The maximum atomic E-state index is 9.67. The molecule has 0 aromatic rings. The molecule has 0 aromatic heterocycles. The van der Waals surface area contributed by atoms with Crippen LogP contribution in [0.1, 0.15) is 34.1 Å². The van der Waals surface area contributed by atoms with Gasteiger partial charge in [-0.2, -0.15) is 0 Å². The Morgan fingerprint density at radius 2 is 1.75 bits per heavy atom. The lowest BCUT2D eigenvalue weighted by atomic mass is 9.88. The molecule has 12 heavy (non-hydrogen) atoms. The quantitative estimate of drug-likeness (QED) is 0.639. The third-order valence-corrected chi connectivity index (χ3v) is 2.28. The first-order valence-corrected chi connectivity index (χ1v) is 4.63. The van der Waals surface area contributed by atoms with Crippen LogP contribution in [0.25, 0.3) is 0 Å². The van der Waals surface area contributed by atoms with E-state index in [4.69, 9.17) is 6.42 Å². The molecule has 1 nitrogen and oxygen atoms in total. The molecule has 0 aromatic carbocycles. The first-order valence-electron chi connectivity index (χ1n) is 4.63. The van der Waals surface area contributed by atoms with Gasteiger partial charge in [0.15, 0.2) is 0 Å². The zero-order chi connectivity index (χ0) is 9.72. The van der Waals surface area contributed by atoms with E-state index in [9.17, 15) is 5.11 Å². The molecule has 0 heterocycles. The molecule has 70 valence electrons. The molecule has 0 spiro atoms. The third-order valence-electron chi connectivity index (χ3n) is 2.28. The molecule has 3 atom stereocenters. The number of hydrogen-bond donors (Lipinski definition) is 1. The smallest absolute Gasteiger partial charge is 0.0589 e. The third kappa shape index (κ3) is 3.78. The zero-order valence-electron chi connectivity index (χ0n) is 8.54. The van der Waals surface area contributed by atoms with Crippen LogP contribution in [-0.2, 0) is 0 Å². The minimum Gasteiger partial charge on any atom is -0.393 e. The Morgan fingerprint density at radius 1 is 1.25 bits per heavy atom. The highest BCUT2D eigenvalue weighted by Gasteiger charge is 2.18. The Kier molecular flexibility index (Phi) is 5.01. The van der Waals surface area contributed by atoms with Crippen molar-refractivity contribution in [1.82, 2.24) is 0 Å². The molecule has 0 saturated heterocycles. The van der Waals surface area contributed by atoms with E-state index >= 15 is 0 Å². The second-order valence-electron chi connectivity index (χ2n) is 4.02. The Bertz CT molecular complexity index is 155. The van der Waals surface area contributed by atoms with Gasteiger partial charge in [0.1, 0.15) is 0 Å². The maximum absolute atomic E-state index is 9.67. The molecule has 0 aliphatic carbocycles. The van der Waals surface area contributed by atoms with E-state index in [-0.39, 0.29) is 12.0 Å². The molecule has 1 unspecified atom stereocenters. The van der Waals surface area contributed by atoms with E-state index in [2.05, 4.69) is 12.8 Å². The molecule has 0 rings (SSSR count). The van der Waals surface area contributed by atoms with Gasteiger partial charge < -0.3 is 5.11 Å². The van der Waals surface area contributed by atoms with Crippen LogP contribution in [0.15, 0.2) is 0 Å². The first kappa shape index (κ1) is 11.5. The van der Waals surface area contributed by atoms with Crippen molar-refractivity contribution in [1.29, 1.82) is 0 Å². The lowest BCUT2D eigenvalue weighted by Gasteiger charge is -2.23. The lowest BCUT2D eigenvalue weighted by Crippen LogP contribution is -2.24.